The lowest BCUT2D eigenvalue weighted by molar-refractivity contribution is -0.384. The van der Waals surface area contributed by atoms with Crippen molar-refractivity contribution in [1.29, 1.82) is 0 Å². The minimum atomic E-state index is -0.545. The Morgan fingerprint density at radius 3 is 2.61 bits per heavy atom. The molecule has 2 atom stereocenters. The van der Waals surface area contributed by atoms with Gasteiger partial charge in [-0.2, -0.15) is 0 Å². The first-order valence-corrected chi connectivity index (χ1v) is 5.57. The van der Waals surface area contributed by atoms with Gasteiger partial charge in [0.1, 0.15) is 0 Å². The van der Waals surface area contributed by atoms with E-state index in [-0.39, 0.29) is 23.3 Å². The maximum absolute atomic E-state index is 11.7. The Balaban J connectivity index is 2.21. The second kappa shape index (κ2) is 4.64. The Morgan fingerprint density at radius 2 is 2.11 bits per heavy atom. The van der Waals surface area contributed by atoms with Crippen molar-refractivity contribution in [3.8, 4) is 11.5 Å². The molecule has 0 amide bonds. The molecule has 96 valence electrons. The fourth-order valence-corrected chi connectivity index (χ4v) is 1.69. The summed E-state index contributed by atoms with van der Waals surface area (Å²) in [5, 5.41) is 10.7. The quantitative estimate of drug-likeness (QED) is 0.354. The normalized spacial score (nSPS) is 21.2. The van der Waals surface area contributed by atoms with Crippen molar-refractivity contribution in [1.82, 2.24) is 0 Å². The van der Waals surface area contributed by atoms with Crippen molar-refractivity contribution < 1.29 is 19.2 Å². The number of methoxy groups -OCH3 is 1. The van der Waals surface area contributed by atoms with Crippen LogP contribution in [0.4, 0.5) is 5.69 Å². The summed E-state index contributed by atoms with van der Waals surface area (Å²) >= 11 is 0. The minimum absolute atomic E-state index is 0.0933. The molecule has 1 saturated carbocycles. The first kappa shape index (κ1) is 12.3. The van der Waals surface area contributed by atoms with E-state index in [1.807, 2.05) is 6.92 Å². The average Bonchev–Trinajstić information content (AvgIpc) is 3.06. The van der Waals surface area contributed by atoms with E-state index in [1.54, 1.807) is 0 Å². The van der Waals surface area contributed by atoms with Crippen LogP contribution < -0.4 is 9.47 Å². The molecule has 0 spiro atoms. The molecular formula is C12H13NO5. The SMILES string of the molecule is COc1ccc([N+](=O)[O-])cc1OC(=O)C1CC1C. The fourth-order valence-electron chi connectivity index (χ4n) is 1.69. The van der Waals surface area contributed by atoms with Crippen LogP contribution in [0.25, 0.3) is 0 Å². The van der Waals surface area contributed by atoms with Gasteiger partial charge in [-0.3, -0.25) is 14.9 Å². The smallest absolute Gasteiger partial charge is 0.314 e. The molecule has 0 bridgehead atoms. The Kier molecular flexibility index (Phi) is 3.18. The third-order valence-corrected chi connectivity index (χ3v) is 2.98. The van der Waals surface area contributed by atoms with E-state index < -0.39 is 4.92 Å². The number of rotatable bonds is 4. The molecule has 1 aliphatic rings. The highest BCUT2D eigenvalue weighted by atomic mass is 16.6. The fraction of sp³-hybridized carbons (Fsp3) is 0.417. The summed E-state index contributed by atoms with van der Waals surface area (Å²) < 4.78 is 10.2. The monoisotopic (exact) mass is 251 g/mol. The molecule has 2 rings (SSSR count). The summed E-state index contributed by atoms with van der Waals surface area (Å²) in [5.74, 6) is 0.260. The van der Waals surface area contributed by atoms with E-state index in [0.29, 0.717) is 11.7 Å². The van der Waals surface area contributed by atoms with Gasteiger partial charge >= 0.3 is 5.97 Å². The van der Waals surface area contributed by atoms with Gasteiger partial charge in [0, 0.05) is 6.07 Å². The van der Waals surface area contributed by atoms with Gasteiger partial charge in [0.15, 0.2) is 11.5 Å². The number of carbonyl (C=O) groups excluding carboxylic acids is 1. The van der Waals surface area contributed by atoms with Gasteiger partial charge < -0.3 is 9.47 Å². The van der Waals surface area contributed by atoms with E-state index in [0.717, 1.165) is 6.42 Å². The number of nitro groups is 1. The Bertz CT molecular complexity index is 499. The predicted molar refractivity (Wildman–Crippen MR) is 62.6 cm³/mol. The van der Waals surface area contributed by atoms with E-state index in [4.69, 9.17) is 9.47 Å². The van der Waals surface area contributed by atoms with Gasteiger partial charge in [0.05, 0.1) is 24.0 Å². The molecule has 1 aromatic rings. The van der Waals surface area contributed by atoms with Crippen molar-refractivity contribution in [2.45, 2.75) is 13.3 Å². The maximum Gasteiger partial charge on any atom is 0.314 e. The number of hydrogen-bond donors (Lipinski definition) is 0. The van der Waals surface area contributed by atoms with Crippen LogP contribution in [0.1, 0.15) is 13.3 Å². The van der Waals surface area contributed by atoms with Crippen molar-refractivity contribution in [3.63, 3.8) is 0 Å². The van der Waals surface area contributed by atoms with Crippen molar-refractivity contribution in [3.05, 3.63) is 28.3 Å². The van der Waals surface area contributed by atoms with E-state index >= 15 is 0 Å². The first-order valence-electron chi connectivity index (χ1n) is 5.57. The van der Waals surface area contributed by atoms with Crippen molar-refractivity contribution in [2.75, 3.05) is 7.11 Å². The highest BCUT2D eigenvalue weighted by Gasteiger charge is 2.41. The lowest BCUT2D eigenvalue weighted by Crippen LogP contribution is -2.12. The molecule has 0 radical (unpaired) electrons. The van der Waals surface area contributed by atoms with Gasteiger partial charge in [0.2, 0.25) is 0 Å². The summed E-state index contributed by atoms with van der Waals surface area (Å²) in [5.41, 5.74) is -0.137. The number of carbonyl (C=O) groups is 1. The van der Waals surface area contributed by atoms with Crippen LogP contribution in [-0.4, -0.2) is 18.0 Å². The topological polar surface area (TPSA) is 78.7 Å². The molecule has 6 nitrogen and oxygen atoms in total. The van der Waals surface area contributed by atoms with E-state index in [2.05, 4.69) is 0 Å². The standard InChI is InChI=1S/C12H13NO5/c1-7-5-9(7)12(14)18-11-6-8(13(15)16)3-4-10(11)17-2/h3-4,6-7,9H,5H2,1-2H3. The zero-order valence-corrected chi connectivity index (χ0v) is 10.1. The third-order valence-electron chi connectivity index (χ3n) is 2.98. The number of nitro benzene ring substituents is 1. The molecular weight excluding hydrogens is 238 g/mol. The summed E-state index contributed by atoms with van der Waals surface area (Å²) in [6, 6.07) is 3.91. The third kappa shape index (κ3) is 2.42. The highest BCUT2D eigenvalue weighted by Crippen LogP contribution is 2.40. The number of non-ortho nitro benzene ring substituents is 1. The van der Waals surface area contributed by atoms with Crippen molar-refractivity contribution in [2.24, 2.45) is 11.8 Å². The molecule has 0 aromatic heterocycles. The molecule has 0 N–H and O–H groups in total. The zero-order chi connectivity index (χ0) is 13.3. The number of ether oxygens (including phenoxy) is 2. The predicted octanol–water partition coefficient (Wildman–Crippen LogP) is 2.16. The van der Waals surface area contributed by atoms with Crippen LogP contribution in [0, 0.1) is 22.0 Å². The van der Waals surface area contributed by atoms with Crippen LogP contribution in [0.15, 0.2) is 18.2 Å². The average molecular weight is 251 g/mol. The van der Waals surface area contributed by atoms with Crippen LogP contribution in [0.2, 0.25) is 0 Å². The number of benzene rings is 1. The summed E-state index contributed by atoms with van der Waals surface area (Å²) in [4.78, 5) is 21.8. The largest absolute Gasteiger partial charge is 0.493 e. The maximum atomic E-state index is 11.7. The Labute approximate surface area is 104 Å². The van der Waals surface area contributed by atoms with Gasteiger partial charge in [-0.25, -0.2) is 0 Å². The molecule has 1 fully saturated rings. The summed E-state index contributed by atoms with van der Waals surface area (Å²) in [6.07, 6.45) is 0.802. The van der Waals surface area contributed by atoms with Gasteiger partial charge in [-0.05, 0) is 18.4 Å². The molecule has 18 heavy (non-hydrogen) atoms. The first-order chi connectivity index (χ1) is 8.52. The van der Waals surface area contributed by atoms with Crippen LogP contribution >= 0.6 is 0 Å². The number of hydrogen-bond acceptors (Lipinski definition) is 5. The molecule has 6 heteroatoms. The summed E-state index contributed by atoms with van der Waals surface area (Å²) in [7, 11) is 1.41. The molecule has 0 heterocycles. The van der Waals surface area contributed by atoms with Gasteiger partial charge in [-0.1, -0.05) is 6.92 Å². The summed E-state index contributed by atoms with van der Waals surface area (Å²) in [6.45, 7) is 1.95. The Morgan fingerprint density at radius 1 is 1.44 bits per heavy atom. The molecule has 1 aromatic carbocycles. The Hall–Kier alpha value is -2.11. The molecule has 0 saturated heterocycles. The number of nitrogens with zero attached hydrogens (tertiary/aromatic N) is 1. The van der Waals surface area contributed by atoms with Gasteiger partial charge in [0.25, 0.3) is 5.69 Å². The number of esters is 1. The van der Waals surface area contributed by atoms with E-state index in [9.17, 15) is 14.9 Å². The second-order valence-corrected chi connectivity index (χ2v) is 4.33. The van der Waals surface area contributed by atoms with Gasteiger partial charge in [-0.15, -0.1) is 0 Å². The highest BCUT2D eigenvalue weighted by molar-refractivity contribution is 5.78. The zero-order valence-electron chi connectivity index (χ0n) is 10.1. The second-order valence-electron chi connectivity index (χ2n) is 4.33. The van der Waals surface area contributed by atoms with Crippen LogP contribution in [-0.2, 0) is 4.79 Å². The van der Waals surface area contributed by atoms with E-state index in [1.165, 1.54) is 25.3 Å². The van der Waals surface area contributed by atoms with Crippen molar-refractivity contribution >= 4 is 11.7 Å². The molecule has 2 unspecified atom stereocenters. The van der Waals surface area contributed by atoms with Crippen LogP contribution in [0.3, 0.4) is 0 Å². The lowest BCUT2D eigenvalue weighted by atomic mass is 10.2. The van der Waals surface area contributed by atoms with Crippen LogP contribution in [0.5, 0.6) is 11.5 Å². The molecule has 0 aliphatic heterocycles. The molecule has 1 aliphatic carbocycles. The lowest BCUT2D eigenvalue weighted by Gasteiger charge is -2.08. The minimum Gasteiger partial charge on any atom is -0.493 e.